The number of aromatic nitrogens is 1. The highest BCUT2D eigenvalue weighted by Crippen LogP contribution is 2.22. The van der Waals surface area contributed by atoms with Gasteiger partial charge in [0.2, 0.25) is 0 Å². The lowest BCUT2D eigenvalue weighted by Crippen LogP contribution is -1.65. The van der Waals surface area contributed by atoms with Crippen LogP contribution in [0.3, 0.4) is 0 Å². The zero-order valence-electron chi connectivity index (χ0n) is 4.20. The fourth-order valence-electron chi connectivity index (χ4n) is 0.334. The molecular formula is C4H2BrNOS2. The maximum absolute atomic E-state index is 9.90. The Labute approximate surface area is 68.8 Å². The van der Waals surface area contributed by atoms with Crippen LogP contribution in [0.1, 0.15) is 0 Å². The minimum Gasteiger partial charge on any atom is -0.290 e. The maximum atomic E-state index is 9.90. The topological polar surface area (TPSA) is 30.0 Å². The third-order valence-corrected chi connectivity index (χ3v) is 2.91. The van der Waals surface area contributed by atoms with Gasteiger partial charge in [-0.15, -0.1) is 11.3 Å². The summed E-state index contributed by atoms with van der Waals surface area (Å²) in [5, 5.41) is 1.84. The molecule has 0 atom stereocenters. The van der Waals surface area contributed by atoms with Crippen LogP contribution in [0.5, 0.6) is 0 Å². The van der Waals surface area contributed by atoms with Crippen LogP contribution in [0.15, 0.2) is 14.3 Å². The number of nitrogens with zero attached hydrogens (tertiary/aromatic N) is 1. The van der Waals surface area contributed by atoms with Crippen molar-refractivity contribution in [3.8, 4) is 0 Å². The van der Waals surface area contributed by atoms with Gasteiger partial charge < -0.3 is 0 Å². The molecule has 0 radical (unpaired) electrons. The second-order valence-corrected chi connectivity index (χ2v) is 3.89. The molecule has 0 bridgehead atoms. The monoisotopic (exact) mass is 223 g/mol. The molecule has 2 nitrogen and oxygen atoms in total. The normalized spacial score (nSPS) is 9.44. The number of rotatable bonds is 2. The SMILES string of the molecule is O=CSc1nc(Br)cs1. The molecule has 1 aromatic rings. The molecule has 1 rings (SSSR count). The van der Waals surface area contributed by atoms with Crippen molar-refractivity contribution < 1.29 is 4.79 Å². The first kappa shape index (κ1) is 7.24. The minimum absolute atomic E-state index is 0.769. The van der Waals surface area contributed by atoms with Crippen molar-refractivity contribution in [1.29, 1.82) is 0 Å². The Morgan fingerprint density at radius 3 is 3.11 bits per heavy atom. The molecule has 0 aliphatic heterocycles. The summed E-state index contributed by atoms with van der Waals surface area (Å²) in [7, 11) is 0. The van der Waals surface area contributed by atoms with Crippen LogP contribution in [-0.4, -0.2) is 10.6 Å². The summed E-state index contributed by atoms with van der Waals surface area (Å²) in [5.74, 6) is 0. The van der Waals surface area contributed by atoms with Crippen molar-refractivity contribution in [1.82, 2.24) is 4.98 Å². The first-order chi connectivity index (χ1) is 4.33. The molecule has 0 fully saturated rings. The van der Waals surface area contributed by atoms with Crippen LogP contribution in [0.4, 0.5) is 0 Å². The Morgan fingerprint density at radius 2 is 2.67 bits per heavy atom. The van der Waals surface area contributed by atoms with Gasteiger partial charge in [-0.1, -0.05) is 0 Å². The highest BCUT2D eigenvalue weighted by molar-refractivity contribution is 9.10. The van der Waals surface area contributed by atoms with E-state index in [4.69, 9.17) is 0 Å². The van der Waals surface area contributed by atoms with E-state index in [0.717, 1.165) is 26.3 Å². The average Bonchev–Trinajstić information content (AvgIpc) is 2.17. The van der Waals surface area contributed by atoms with Crippen molar-refractivity contribution in [3.63, 3.8) is 0 Å². The summed E-state index contributed by atoms with van der Waals surface area (Å²) in [5.41, 5.74) is 0.769. The molecule has 9 heavy (non-hydrogen) atoms. The Hall–Kier alpha value is 0.130. The molecule has 0 saturated heterocycles. The van der Waals surface area contributed by atoms with Crippen LogP contribution in [0.25, 0.3) is 0 Å². The number of carbonyl (C=O) groups is 1. The molecule has 1 aromatic heterocycles. The van der Waals surface area contributed by atoms with Gasteiger partial charge in [0.15, 0.2) is 9.96 Å². The Balaban J connectivity index is 2.72. The molecule has 0 unspecified atom stereocenters. The number of hydrogen-bond donors (Lipinski definition) is 0. The smallest absolute Gasteiger partial charge is 0.183 e. The van der Waals surface area contributed by atoms with Gasteiger partial charge in [0, 0.05) is 5.38 Å². The molecule has 0 spiro atoms. The lowest BCUT2D eigenvalue weighted by Gasteiger charge is -1.77. The van der Waals surface area contributed by atoms with Crippen LogP contribution < -0.4 is 0 Å². The van der Waals surface area contributed by atoms with Gasteiger partial charge in [-0.25, -0.2) is 4.98 Å². The summed E-state index contributed by atoms with van der Waals surface area (Å²) in [6, 6.07) is 0. The number of hydrogen-bond acceptors (Lipinski definition) is 4. The van der Waals surface area contributed by atoms with Gasteiger partial charge in [0.1, 0.15) is 4.60 Å². The van der Waals surface area contributed by atoms with Crippen molar-refractivity contribution >= 4 is 44.6 Å². The van der Waals surface area contributed by atoms with Gasteiger partial charge in [0.25, 0.3) is 0 Å². The van der Waals surface area contributed by atoms with Gasteiger partial charge in [0.05, 0.1) is 0 Å². The Kier molecular flexibility index (Phi) is 2.68. The number of halogens is 1. The van der Waals surface area contributed by atoms with E-state index >= 15 is 0 Å². The van der Waals surface area contributed by atoms with E-state index in [2.05, 4.69) is 20.9 Å². The van der Waals surface area contributed by atoms with Gasteiger partial charge in [-0.05, 0) is 27.7 Å². The third-order valence-electron chi connectivity index (χ3n) is 0.604. The summed E-state index contributed by atoms with van der Waals surface area (Å²) < 4.78 is 1.56. The van der Waals surface area contributed by atoms with E-state index < -0.39 is 0 Å². The second-order valence-electron chi connectivity index (χ2n) is 1.15. The molecule has 5 heteroatoms. The van der Waals surface area contributed by atoms with Crippen molar-refractivity contribution in [2.24, 2.45) is 0 Å². The summed E-state index contributed by atoms with van der Waals surface area (Å²) in [4.78, 5) is 13.9. The largest absolute Gasteiger partial charge is 0.290 e. The molecule has 0 saturated carbocycles. The van der Waals surface area contributed by atoms with Gasteiger partial charge in [-0.2, -0.15) is 0 Å². The van der Waals surface area contributed by atoms with Crippen molar-refractivity contribution in [3.05, 3.63) is 9.98 Å². The van der Waals surface area contributed by atoms with E-state index in [9.17, 15) is 4.79 Å². The standard InChI is InChI=1S/C4H2BrNOS2/c5-3-1-8-4(6-3)9-2-7/h1-2H. The summed E-state index contributed by atoms with van der Waals surface area (Å²) in [6.07, 6.45) is 0. The molecule has 1 heterocycles. The highest BCUT2D eigenvalue weighted by Gasteiger charge is 1.96. The third kappa shape index (κ3) is 2.08. The van der Waals surface area contributed by atoms with Gasteiger partial charge in [-0.3, -0.25) is 4.79 Å². The van der Waals surface area contributed by atoms with E-state index in [1.54, 1.807) is 0 Å². The summed E-state index contributed by atoms with van der Waals surface area (Å²) in [6.45, 7) is 0. The lowest BCUT2D eigenvalue weighted by atomic mass is 11.0. The number of thiazole rings is 1. The predicted molar refractivity (Wildman–Crippen MR) is 42.4 cm³/mol. The fourth-order valence-corrected chi connectivity index (χ4v) is 2.15. The molecule has 48 valence electrons. The van der Waals surface area contributed by atoms with Crippen LogP contribution in [-0.2, 0) is 4.79 Å². The number of carbonyl (C=O) groups excluding carboxylic acids is 1. The zero-order valence-corrected chi connectivity index (χ0v) is 7.42. The zero-order chi connectivity index (χ0) is 6.69. The van der Waals surface area contributed by atoms with Crippen LogP contribution in [0, 0.1) is 0 Å². The molecule has 0 N–H and O–H groups in total. The van der Waals surface area contributed by atoms with Crippen molar-refractivity contribution in [2.45, 2.75) is 4.34 Å². The molecule has 0 amide bonds. The first-order valence-electron chi connectivity index (χ1n) is 2.04. The molecule has 0 aromatic carbocycles. The minimum atomic E-state index is 0.769. The quantitative estimate of drug-likeness (QED) is 0.569. The fraction of sp³-hybridized carbons (Fsp3) is 0. The second kappa shape index (κ2) is 3.34. The first-order valence-corrected chi connectivity index (χ1v) is 4.59. The predicted octanol–water partition coefficient (Wildman–Crippen LogP) is 2.19. The van der Waals surface area contributed by atoms with E-state index in [-0.39, 0.29) is 0 Å². The molecular weight excluding hydrogens is 222 g/mol. The van der Waals surface area contributed by atoms with Gasteiger partial charge >= 0.3 is 0 Å². The molecule has 0 aliphatic carbocycles. The molecule has 0 aliphatic rings. The van der Waals surface area contributed by atoms with E-state index in [1.165, 1.54) is 11.3 Å². The average molecular weight is 224 g/mol. The summed E-state index contributed by atoms with van der Waals surface area (Å²) >= 11 is 5.71. The Morgan fingerprint density at radius 1 is 1.89 bits per heavy atom. The lowest BCUT2D eigenvalue weighted by molar-refractivity contribution is 0.570. The van der Waals surface area contributed by atoms with Crippen LogP contribution >= 0.6 is 39.0 Å². The Bertz CT molecular complexity index is 212. The number of thioether (sulfide) groups is 1. The van der Waals surface area contributed by atoms with E-state index in [1.807, 2.05) is 5.38 Å². The van der Waals surface area contributed by atoms with E-state index in [0.29, 0.717) is 0 Å². The maximum Gasteiger partial charge on any atom is 0.183 e. The van der Waals surface area contributed by atoms with Crippen LogP contribution in [0.2, 0.25) is 0 Å². The van der Waals surface area contributed by atoms with Crippen molar-refractivity contribution in [2.75, 3.05) is 0 Å². The highest BCUT2D eigenvalue weighted by atomic mass is 79.9.